The number of thioether (sulfide) groups is 1. The third-order valence-corrected chi connectivity index (χ3v) is 5.54. The van der Waals surface area contributed by atoms with Crippen molar-refractivity contribution < 1.29 is 0 Å². The molecule has 0 saturated heterocycles. The monoisotopic (exact) mass is 342 g/mol. The summed E-state index contributed by atoms with van der Waals surface area (Å²) in [6, 6.07) is 7.59. The van der Waals surface area contributed by atoms with Crippen molar-refractivity contribution in [1.29, 1.82) is 0 Å². The number of hydrogen-bond acceptors (Lipinski definition) is 2. The summed E-state index contributed by atoms with van der Waals surface area (Å²) in [6.07, 6.45) is 8.24. The predicted octanol–water partition coefficient (Wildman–Crippen LogP) is 5.08. The summed E-state index contributed by atoms with van der Waals surface area (Å²) in [5, 5.41) is 8.68. The van der Waals surface area contributed by atoms with Gasteiger partial charge in [0.1, 0.15) is 0 Å². The van der Waals surface area contributed by atoms with Crippen LogP contribution in [0, 0.1) is 0 Å². The van der Waals surface area contributed by atoms with Gasteiger partial charge in [0.2, 0.25) is 0 Å². The Morgan fingerprint density at radius 2 is 2.10 bits per heavy atom. The van der Waals surface area contributed by atoms with Crippen LogP contribution in [-0.2, 0) is 0 Å². The van der Waals surface area contributed by atoms with Crippen molar-refractivity contribution in [3.05, 3.63) is 29.3 Å². The molecule has 1 aromatic carbocycles. The maximum absolute atomic E-state index is 5.94. The predicted molar refractivity (Wildman–Crippen MR) is 99.6 cm³/mol. The number of hydrogen-bond donors (Lipinski definition) is 2. The molecule has 2 rings (SSSR count). The molecule has 0 bridgehead atoms. The molecule has 21 heavy (non-hydrogen) atoms. The van der Waals surface area contributed by atoms with E-state index in [1.807, 2.05) is 24.3 Å². The van der Waals surface area contributed by atoms with Crippen LogP contribution < -0.4 is 10.6 Å². The lowest BCUT2D eigenvalue weighted by molar-refractivity contribution is 0.516. The number of halogens is 1. The Bertz CT molecular complexity index is 448. The Balaban J connectivity index is 1.54. The smallest absolute Gasteiger partial charge is 0.170 e. The molecule has 1 aromatic rings. The lowest BCUT2D eigenvalue weighted by atomic mass is 10.0. The number of thiocarbonyl (C=S) groups is 1. The van der Waals surface area contributed by atoms with Gasteiger partial charge in [-0.2, -0.15) is 11.8 Å². The summed E-state index contributed by atoms with van der Waals surface area (Å²) in [6.45, 7) is 0.923. The Kier molecular flexibility index (Phi) is 7.69. The zero-order valence-electron chi connectivity index (χ0n) is 12.2. The van der Waals surface area contributed by atoms with E-state index < -0.39 is 0 Å². The standard InChI is InChI=1S/C16H23ClN2S2/c17-13-6-4-7-14(12-13)19-16(20)18-10-5-11-21-15-8-2-1-3-9-15/h4,6-7,12,15H,1-3,5,8-11H2,(H2,18,19,20). The Hall–Kier alpha value is -0.450. The summed E-state index contributed by atoms with van der Waals surface area (Å²) in [5.74, 6) is 1.22. The molecule has 2 nitrogen and oxygen atoms in total. The highest BCUT2D eigenvalue weighted by Gasteiger charge is 2.12. The van der Waals surface area contributed by atoms with Crippen LogP contribution in [0.4, 0.5) is 5.69 Å². The topological polar surface area (TPSA) is 24.1 Å². The molecule has 0 aliphatic heterocycles. The molecule has 1 aliphatic carbocycles. The van der Waals surface area contributed by atoms with E-state index in [2.05, 4.69) is 22.4 Å². The minimum absolute atomic E-state index is 0.667. The third kappa shape index (κ3) is 6.90. The van der Waals surface area contributed by atoms with E-state index in [0.717, 1.165) is 23.9 Å². The number of anilines is 1. The molecule has 0 spiro atoms. The second-order valence-electron chi connectivity index (χ2n) is 5.38. The van der Waals surface area contributed by atoms with Crippen molar-refractivity contribution in [2.24, 2.45) is 0 Å². The molecular weight excluding hydrogens is 320 g/mol. The van der Waals surface area contributed by atoms with Crippen LogP contribution in [0.2, 0.25) is 5.02 Å². The van der Waals surface area contributed by atoms with Crippen molar-refractivity contribution in [2.75, 3.05) is 17.6 Å². The van der Waals surface area contributed by atoms with Crippen molar-refractivity contribution in [3.63, 3.8) is 0 Å². The van der Waals surface area contributed by atoms with Gasteiger partial charge < -0.3 is 10.6 Å². The molecule has 2 N–H and O–H groups in total. The van der Waals surface area contributed by atoms with Crippen LogP contribution in [0.1, 0.15) is 38.5 Å². The Labute approximate surface area is 142 Å². The summed E-state index contributed by atoms with van der Waals surface area (Å²) in [7, 11) is 0. The molecule has 1 aliphatic rings. The van der Waals surface area contributed by atoms with Gasteiger partial charge in [-0.3, -0.25) is 0 Å². The molecule has 0 radical (unpaired) electrons. The molecule has 0 atom stereocenters. The van der Waals surface area contributed by atoms with Gasteiger partial charge in [-0.05, 0) is 55.4 Å². The second-order valence-corrected chi connectivity index (χ2v) is 7.63. The van der Waals surface area contributed by atoms with Gasteiger partial charge in [-0.1, -0.05) is 36.9 Å². The first-order chi connectivity index (χ1) is 10.2. The zero-order valence-corrected chi connectivity index (χ0v) is 14.6. The minimum Gasteiger partial charge on any atom is -0.362 e. The van der Waals surface area contributed by atoms with Crippen LogP contribution in [-0.4, -0.2) is 22.7 Å². The van der Waals surface area contributed by atoms with Gasteiger partial charge in [0.05, 0.1) is 0 Å². The van der Waals surface area contributed by atoms with E-state index in [1.54, 1.807) is 0 Å². The van der Waals surface area contributed by atoms with Gasteiger partial charge in [-0.15, -0.1) is 0 Å². The van der Waals surface area contributed by atoms with E-state index in [9.17, 15) is 0 Å². The average molecular weight is 343 g/mol. The van der Waals surface area contributed by atoms with Crippen LogP contribution in [0.25, 0.3) is 0 Å². The average Bonchev–Trinajstić information content (AvgIpc) is 2.48. The first-order valence-electron chi connectivity index (χ1n) is 7.66. The Morgan fingerprint density at radius 3 is 2.86 bits per heavy atom. The molecule has 5 heteroatoms. The van der Waals surface area contributed by atoms with Gasteiger partial charge in [-0.25, -0.2) is 0 Å². The molecule has 0 aromatic heterocycles. The minimum atomic E-state index is 0.667. The van der Waals surface area contributed by atoms with Gasteiger partial charge in [0, 0.05) is 22.5 Å². The van der Waals surface area contributed by atoms with Gasteiger partial charge in [0.25, 0.3) is 0 Å². The Morgan fingerprint density at radius 1 is 1.29 bits per heavy atom. The molecule has 0 unspecified atom stereocenters. The van der Waals surface area contributed by atoms with Crippen molar-refractivity contribution >= 4 is 46.4 Å². The first-order valence-corrected chi connectivity index (χ1v) is 9.49. The van der Waals surface area contributed by atoms with Gasteiger partial charge >= 0.3 is 0 Å². The largest absolute Gasteiger partial charge is 0.362 e. The van der Waals surface area contributed by atoms with E-state index in [1.165, 1.54) is 37.9 Å². The molecule has 1 fully saturated rings. The highest BCUT2D eigenvalue weighted by atomic mass is 35.5. The lowest BCUT2D eigenvalue weighted by Crippen LogP contribution is -2.29. The summed E-state index contributed by atoms with van der Waals surface area (Å²) in [4.78, 5) is 0. The third-order valence-electron chi connectivity index (χ3n) is 3.59. The van der Waals surface area contributed by atoms with E-state index >= 15 is 0 Å². The number of rotatable bonds is 6. The van der Waals surface area contributed by atoms with Crippen LogP contribution in [0.3, 0.4) is 0 Å². The highest BCUT2D eigenvalue weighted by molar-refractivity contribution is 7.99. The quantitative estimate of drug-likeness (QED) is 0.556. The zero-order chi connectivity index (χ0) is 14.9. The van der Waals surface area contributed by atoms with Crippen LogP contribution in [0.5, 0.6) is 0 Å². The molecule has 0 amide bonds. The fourth-order valence-corrected chi connectivity index (χ4v) is 4.22. The maximum atomic E-state index is 5.94. The van der Waals surface area contributed by atoms with Crippen LogP contribution in [0.15, 0.2) is 24.3 Å². The summed E-state index contributed by atoms with van der Waals surface area (Å²) < 4.78 is 0. The van der Waals surface area contributed by atoms with Crippen molar-refractivity contribution in [3.8, 4) is 0 Å². The van der Waals surface area contributed by atoms with E-state index in [4.69, 9.17) is 23.8 Å². The molecule has 1 saturated carbocycles. The fourth-order valence-electron chi connectivity index (χ4n) is 2.50. The van der Waals surface area contributed by atoms with E-state index in [0.29, 0.717) is 10.1 Å². The van der Waals surface area contributed by atoms with Crippen LogP contribution >= 0.6 is 35.6 Å². The lowest BCUT2D eigenvalue weighted by Gasteiger charge is -2.20. The van der Waals surface area contributed by atoms with E-state index in [-0.39, 0.29) is 0 Å². The maximum Gasteiger partial charge on any atom is 0.170 e. The second kappa shape index (κ2) is 9.54. The summed E-state index contributed by atoms with van der Waals surface area (Å²) in [5.41, 5.74) is 0.927. The number of benzene rings is 1. The SMILES string of the molecule is S=C(NCCCSC1CCCCC1)Nc1cccc(Cl)c1. The van der Waals surface area contributed by atoms with Crippen molar-refractivity contribution in [1.82, 2.24) is 5.32 Å². The normalized spacial score (nSPS) is 15.7. The summed E-state index contributed by atoms with van der Waals surface area (Å²) >= 11 is 13.4. The fraction of sp³-hybridized carbons (Fsp3) is 0.562. The highest BCUT2D eigenvalue weighted by Crippen LogP contribution is 2.28. The molecular formula is C16H23ClN2S2. The first kappa shape index (κ1) is 16.9. The number of nitrogens with one attached hydrogen (secondary N) is 2. The molecule has 116 valence electrons. The molecule has 0 heterocycles. The van der Waals surface area contributed by atoms with Crippen molar-refractivity contribution in [2.45, 2.75) is 43.8 Å². The van der Waals surface area contributed by atoms with Gasteiger partial charge in [0.15, 0.2) is 5.11 Å².